The normalized spacial score (nSPS) is 17.5. The largest absolute Gasteiger partial charge is 0.332 e. The van der Waals surface area contributed by atoms with E-state index in [9.17, 15) is 14.0 Å². The smallest absolute Gasteiger partial charge is 0.251 e. The zero-order valence-electron chi connectivity index (χ0n) is 12.9. The number of hydrogen-bond donors (Lipinski definition) is 1. The zero-order valence-corrected chi connectivity index (χ0v) is 12.9. The molecule has 2 aromatic rings. The fourth-order valence-corrected chi connectivity index (χ4v) is 3.03. The summed E-state index contributed by atoms with van der Waals surface area (Å²) in [6, 6.07) is 7.27. The highest BCUT2D eigenvalue weighted by Crippen LogP contribution is 2.30. The van der Waals surface area contributed by atoms with Crippen molar-refractivity contribution < 1.29 is 9.18 Å². The summed E-state index contributed by atoms with van der Waals surface area (Å²) in [5, 5.41) is 0. The summed E-state index contributed by atoms with van der Waals surface area (Å²) in [6.07, 6.45) is 1.77. The third-order valence-corrected chi connectivity index (χ3v) is 4.02. The Labute approximate surface area is 133 Å². The van der Waals surface area contributed by atoms with Crippen molar-refractivity contribution in [3.8, 4) is 0 Å². The average Bonchev–Trinajstić information content (AvgIpc) is 2.95. The van der Waals surface area contributed by atoms with Gasteiger partial charge < -0.3 is 9.88 Å². The lowest BCUT2D eigenvalue weighted by atomic mass is 10.1. The Balaban J connectivity index is 1.80. The van der Waals surface area contributed by atoms with Gasteiger partial charge in [-0.05, 0) is 37.5 Å². The van der Waals surface area contributed by atoms with Crippen LogP contribution >= 0.6 is 0 Å². The second-order valence-corrected chi connectivity index (χ2v) is 5.82. The standard InChI is InChI=1S/C17H18FN3O2/c1-11-8-15(22)20-17(19-11)14-6-3-7-21(14)16(23)10-12-4-2-5-13(18)9-12/h2,4-5,8-9,14H,3,6-7,10H2,1H3,(H,19,20,22)/t14-/m0/s1. The van der Waals surface area contributed by atoms with Crippen molar-refractivity contribution in [1.82, 2.24) is 14.9 Å². The van der Waals surface area contributed by atoms with E-state index in [0.717, 1.165) is 12.8 Å². The molecular formula is C17H18FN3O2. The van der Waals surface area contributed by atoms with E-state index in [1.807, 2.05) is 0 Å². The third-order valence-electron chi connectivity index (χ3n) is 4.02. The van der Waals surface area contributed by atoms with Crippen molar-refractivity contribution in [2.45, 2.75) is 32.2 Å². The first-order valence-corrected chi connectivity index (χ1v) is 7.65. The maximum atomic E-state index is 13.3. The Bertz CT molecular complexity index is 787. The number of H-pyrrole nitrogens is 1. The van der Waals surface area contributed by atoms with Crippen molar-refractivity contribution >= 4 is 5.91 Å². The van der Waals surface area contributed by atoms with Gasteiger partial charge in [0.2, 0.25) is 5.91 Å². The van der Waals surface area contributed by atoms with Crippen LogP contribution in [0.25, 0.3) is 0 Å². The summed E-state index contributed by atoms with van der Waals surface area (Å²) in [5.74, 6) is 0.0975. The first kappa shape index (κ1) is 15.4. The van der Waals surface area contributed by atoms with Crippen LogP contribution in [0.2, 0.25) is 0 Å². The lowest BCUT2D eigenvalue weighted by Crippen LogP contribution is -2.33. The number of nitrogens with zero attached hydrogens (tertiary/aromatic N) is 2. The number of rotatable bonds is 3. The molecule has 1 amide bonds. The molecule has 1 aromatic heterocycles. The second-order valence-electron chi connectivity index (χ2n) is 5.82. The first-order chi connectivity index (χ1) is 11.0. The molecule has 1 aliphatic heterocycles. The van der Waals surface area contributed by atoms with E-state index in [4.69, 9.17) is 0 Å². The summed E-state index contributed by atoms with van der Waals surface area (Å²) >= 11 is 0. The summed E-state index contributed by atoms with van der Waals surface area (Å²) in [5.41, 5.74) is 1.07. The molecule has 1 saturated heterocycles. The van der Waals surface area contributed by atoms with Crippen LogP contribution in [-0.2, 0) is 11.2 Å². The predicted octanol–water partition coefficient (Wildman–Crippen LogP) is 2.12. The molecule has 0 unspecified atom stereocenters. The topological polar surface area (TPSA) is 66.1 Å². The maximum absolute atomic E-state index is 13.3. The minimum atomic E-state index is -0.349. The number of carbonyl (C=O) groups excluding carboxylic acids is 1. The molecule has 0 bridgehead atoms. The molecule has 0 saturated carbocycles. The molecule has 23 heavy (non-hydrogen) atoms. The Hall–Kier alpha value is -2.50. The van der Waals surface area contributed by atoms with E-state index in [1.165, 1.54) is 18.2 Å². The summed E-state index contributed by atoms with van der Waals surface area (Å²) < 4.78 is 13.3. The SMILES string of the molecule is Cc1cc(=O)[nH]c([C@@H]2CCCN2C(=O)Cc2cccc(F)c2)n1. The van der Waals surface area contributed by atoms with Crippen molar-refractivity contribution in [2.75, 3.05) is 6.54 Å². The highest BCUT2D eigenvalue weighted by atomic mass is 19.1. The summed E-state index contributed by atoms with van der Waals surface area (Å²) in [4.78, 5) is 33.0. The Morgan fingerprint density at radius 2 is 2.26 bits per heavy atom. The van der Waals surface area contributed by atoms with E-state index < -0.39 is 0 Å². The molecule has 6 heteroatoms. The maximum Gasteiger partial charge on any atom is 0.251 e. The molecule has 0 aliphatic carbocycles. The number of aryl methyl sites for hydroxylation is 1. The number of likely N-dealkylation sites (tertiary alicyclic amines) is 1. The van der Waals surface area contributed by atoms with Crippen molar-refractivity contribution in [3.63, 3.8) is 0 Å². The van der Waals surface area contributed by atoms with Crippen LogP contribution < -0.4 is 5.56 Å². The quantitative estimate of drug-likeness (QED) is 0.943. The highest BCUT2D eigenvalue weighted by molar-refractivity contribution is 5.79. The van der Waals surface area contributed by atoms with Crippen LogP contribution in [0.15, 0.2) is 35.1 Å². The number of amides is 1. The average molecular weight is 315 g/mol. The van der Waals surface area contributed by atoms with Gasteiger partial charge in [0.05, 0.1) is 12.5 Å². The van der Waals surface area contributed by atoms with Crippen LogP contribution in [0.5, 0.6) is 0 Å². The lowest BCUT2D eigenvalue weighted by molar-refractivity contribution is -0.131. The Morgan fingerprint density at radius 3 is 3.00 bits per heavy atom. The monoisotopic (exact) mass is 315 g/mol. The minimum absolute atomic E-state index is 0.0812. The highest BCUT2D eigenvalue weighted by Gasteiger charge is 2.31. The van der Waals surface area contributed by atoms with Gasteiger partial charge in [-0.15, -0.1) is 0 Å². The molecule has 1 aliphatic rings. The molecule has 5 nitrogen and oxygen atoms in total. The van der Waals surface area contributed by atoms with E-state index in [0.29, 0.717) is 23.6 Å². The molecular weight excluding hydrogens is 297 g/mol. The van der Waals surface area contributed by atoms with Gasteiger partial charge in [-0.1, -0.05) is 12.1 Å². The van der Waals surface area contributed by atoms with Crippen molar-refractivity contribution in [2.24, 2.45) is 0 Å². The van der Waals surface area contributed by atoms with E-state index in [-0.39, 0.29) is 29.7 Å². The fourth-order valence-electron chi connectivity index (χ4n) is 3.03. The molecule has 3 rings (SSSR count). The number of halogens is 1. The van der Waals surface area contributed by atoms with Crippen LogP contribution in [0.1, 0.15) is 36.0 Å². The van der Waals surface area contributed by atoms with Crippen LogP contribution in [0.3, 0.4) is 0 Å². The fraction of sp³-hybridized carbons (Fsp3) is 0.353. The van der Waals surface area contributed by atoms with E-state index in [1.54, 1.807) is 24.0 Å². The van der Waals surface area contributed by atoms with Gasteiger partial charge in [0, 0.05) is 18.3 Å². The van der Waals surface area contributed by atoms with Gasteiger partial charge in [-0.25, -0.2) is 9.37 Å². The van der Waals surface area contributed by atoms with Crippen molar-refractivity contribution in [1.29, 1.82) is 0 Å². The van der Waals surface area contributed by atoms with Gasteiger partial charge in [0.15, 0.2) is 0 Å². The van der Waals surface area contributed by atoms with Gasteiger partial charge >= 0.3 is 0 Å². The van der Waals surface area contributed by atoms with Gasteiger partial charge in [0.1, 0.15) is 11.6 Å². The van der Waals surface area contributed by atoms with Crippen LogP contribution in [0.4, 0.5) is 4.39 Å². The summed E-state index contributed by atoms with van der Waals surface area (Å²) in [7, 11) is 0. The second kappa shape index (κ2) is 6.32. The molecule has 0 radical (unpaired) electrons. The minimum Gasteiger partial charge on any atom is -0.332 e. The Morgan fingerprint density at radius 1 is 1.43 bits per heavy atom. The Kier molecular flexibility index (Phi) is 4.23. The van der Waals surface area contributed by atoms with E-state index >= 15 is 0 Å². The predicted molar refractivity (Wildman–Crippen MR) is 83.4 cm³/mol. The van der Waals surface area contributed by atoms with E-state index in [2.05, 4.69) is 9.97 Å². The molecule has 1 fully saturated rings. The molecule has 120 valence electrons. The number of hydrogen-bond acceptors (Lipinski definition) is 3. The van der Waals surface area contributed by atoms with Crippen LogP contribution in [-0.4, -0.2) is 27.3 Å². The number of benzene rings is 1. The lowest BCUT2D eigenvalue weighted by Gasteiger charge is -2.24. The molecule has 1 atom stereocenters. The number of nitrogens with one attached hydrogen (secondary N) is 1. The number of carbonyl (C=O) groups is 1. The van der Waals surface area contributed by atoms with Gasteiger partial charge in [-0.3, -0.25) is 9.59 Å². The summed E-state index contributed by atoms with van der Waals surface area (Å²) in [6.45, 7) is 2.38. The first-order valence-electron chi connectivity index (χ1n) is 7.65. The molecule has 1 aromatic carbocycles. The zero-order chi connectivity index (χ0) is 16.4. The molecule has 1 N–H and O–H groups in total. The number of aromatic nitrogens is 2. The van der Waals surface area contributed by atoms with Gasteiger partial charge in [0.25, 0.3) is 5.56 Å². The van der Waals surface area contributed by atoms with Crippen molar-refractivity contribution in [3.05, 3.63) is 63.6 Å². The number of aromatic amines is 1. The molecule has 2 heterocycles. The third kappa shape index (κ3) is 3.47. The molecule has 0 spiro atoms. The van der Waals surface area contributed by atoms with Gasteiger partial charge in [-0.2, -0.15) is 0 Å². The van der Waals surface area contributed by atoms with Crippen LogP contribution in [0, 0.1) is 12.7 Å².